The average molecular weight is 447 g/mol. The molecule has 0 aliphatic rings. The molecular weight excluding hydrogens is 420 g/mol. The Balaban J connectivity index is 1.29. The number of hydrogen-bond acceptors (Lipinski definition) is 6. The molecule has 0 atom stereocenters. The van der Waals surface area contributed by atoms with Crippen LogP contribution in [0.2, 0.25) is 0 Å². The highest BCUT2D eigenvalue weighted by atomic mass is 32.1. The Kier molecular flexibility index (Phi) is 7.38. The minimum Gasteiger partial charge on any atom is -0.493 e. The van der Waals surface area contributed by atoms with Gasteiger partial charge in [-0.3, -0.25) is 0 Å². The summed E-state index contributed by atoms with van der Waals surface area (Å²) in [7, 11) is 3.29. The highest BCUT2D eigenvalue weighted by Crippen LogP contribution is 2.29. The first-order valence-electron chi connectivity index (χ1n) is 10.4. The Labute approximate surface area is 192 Å². The van der Waals surface area contributed by atoms with E-state index in [0.717, 1.165) is 50.4 Å². The minimum atomic E-state index is 0.566. The molecule has 1 heterocycles. The molecule has 0 radical (unpaired) electrons. The Morgan fingerprint density at radius 3 is 2.34 bits per heavy atom. The molecule has 164 valence electrons. The van der Waals surface area contributed by atoms with E-state index in [1.54, 1.807) is 25.6 Å². The number of nitrogens with zero attached hydrogens (tertiary/aromatic N) is 1. The van der Waals surface area contributed by atoms with Crippen molar-refractivity contribution in [1.29, 1.82) is 0 Å². The topological polar surface area (TPSA) is 52.6 Å². The summed E-state index contributed by atoms with van der Waals surface area (Å²) in [6.07, 6.45) is 1.93. The summed E-state index contributed by atoms with van der Waals surface area (Å²) in [5, 5.41) is 4.49. The summed E-state index contributed by atoms with van der Waals surface area (Å²) in [6.45, 7) is 2.00. The van der Waals surface area contributed by atoms with E-state index in [1.165, 1.54) is 0 Å². The molecule has 0 unspecified atom stereocenters. The maximum Gasteiger partial charge on any atom is 0.161 e. The highest BCUT2D eigenvalue weighted by Gasteiger charge is 2.07. The zero-order valence-corrected chi connectivity index (χ0v) is 19.0. The van der Waals surface area contributed by atoms with Crippen LogP contribution in [0.1, 0.15) is 16.1 Å². The van der Waals surface area contributed by atoms with Crippen molar-refractivity contribution in [3.8, 4) is 27.7 Å². The van der Waals surface area contributed by atoms with Gasteiger partial charge in [0.2, 0.25) is 0 Å². The van der Waals surface area contributed by atoms with Crippen molar-refractivity contribution in [2.75, 3.05) is 14.2 Å². The number of benzene rings is 3. The summed E-state index contributed by atoms with van der Waals surface area (Å²) < 4.78 is 16.5. The number of rotatable bonds is 10. The SMILES string of the molecule is COc1ccc(CNCc2ncc(-c3ccc(OCc4ccccc4)cc3)s2)cc1OC. The van der Waals surface area contributed by atoms with Crippen molar-refractivity contribution in [3.63, 3.8) is 0 Å². The van der Waals surface area contributed by atoms with E-state index in [-0.39, 0.29) is 0 Å². The lowest BCUT2D eigenvalue weighted by molar-refractivity contribution is 0.306. The third kappa shape index (κ3) is 5.66. The number of aromatic nitrogens is 1. The molecule has 4 aromatic rings. The second kappa shape index (κ2) is 10.8. The number of hydrogen-bond donors (Lipinski definition) is 1. The number of methoxy groups -OCH3 is 2. The van der Waals surface area contributed by atoms with Crippen LogP contribution in [0.15, 0.2) is 79.0 Å². The van der Waals surface area contributed by atoms with Crippen molar-refractivity contribution in [2.45, 2.75) is 19.7 Å². The molecule has 0 saturated carbocycles. The third-order valence-corrected chi connectivity index (χ3v) is 6.04. The smallest absolute Gasteiger partial charge is 0.161 e. The predicted molar refractivity (Wildman–Crippen MR) is 128 cm³/mol. The summed E-state index contributed by atoms with van der Waals surface area (Å²) >= 11 is 1.69. The van der Waals surface area contributed by atoms with E-state index in [2.05, 4.69) is 34.6 Å². The van der Waals surface area contributed by atoms with Crippen molar-refractivity contribution in [2.24, 2.45) is 0 Å². The Morgan fingerprint density at radius 2 is 1.59 bits per heavy atom. The number of nitrogens with one attached hydrogen (secondary N) is 1. The normalized spacial score (nSPS) is 10.7. The van der Waals surface area contributed by atoms with Crippen molar-refractivity contribution < 1.29 is 14.2 Å². The van der Waals surface area contributed by atoms with Crippen molar-refractivity contribution in [3.05, 3.63) is 95.1 Å². The van der Waals surface area contributed by atoms with Crippen molar-refractivity contribution >= 4 is 11.3 Å². The van der Waals surface area contributed by atoms with Crippen LogP contribution in [0.5, 0.6) is 17.2 Å². The first-order chi connectivity index (χ1) is 15.7. The maximum atomic E-state index is 5.88. The van der Waals surface area contributed by atoms with Crippen LogP contribution in [-0.4, -0.2) is 19.2 Å². The van der Waals surface area contributed by atoms with Gasteiger partial charge in [-0.2, -0.15) is 0 Å². The molecule has 1 aromatic heterocycles. The van der Waals surface area contributed by atoms with Gasteiger partial charge in [0, 0.05) is 19.3 Å². The predicted octanol–water partition coefficient (Wildman–Crippen LogP) is 5.70. The van der Waals surface area contributed by atoms with Crippen LogP contribution >= 0.6 is 11.3 Å². The monoisotopic (exact) mass is 446 g/mol. The van der Waals surface area contributed by atoms with Gasteiger partial charge in [-0.05, 0) is 53.1 Å². The Morgan fingerprint density at radius 1 is 0.812 bits per heavy atom. The van der Waals surface area contributed by atoms with Crippen LogP contribution in [0.3, 0.4) is 0 Å². The van der Waals surface area contributed by atoms with E-state index in [1.807, 2.05) is 54.7 Å². The van der Waals surface area contributed by atoms with Gasteiger partial charge in [-0.15, -0.1) is 11.3 Å². The molecule has 0 bridgehead atoms. The quantitative estimate of drug-likeness (QED) is 0.339. The Bertz CT molecular complexity index is 1130. The molecule has 3 aromatic carbocycles. The summed E-state index contributed by atoms with van der Waals surface area (Å²) in [5.74, 6) is 2.33. The summed E-state index contributed by atoms with van der Waals surface area (Å²) in [5.41, 5.74) is 3.43. The van der Waals surface area contributed by atoms with Gasteiger partial charge in [0.25, 0.3) is 0 Å². The van der Waals surface area contributed by atoms with E-state index in [0.29, 0.717) is 13.2 Å². The van der Waals surface area contributed by atoms with Gasteiger partial charge < -0.3 is 19.5 Å². The lowest BCUT2D eigenvalue weighted by Gasteiger charge is -2.09. The van der Waals surface area contributed by atoms with E-state index in [4.69, 9.17) is 14.2 Å². The van der Waals surface area contributed by atoms with Crippen LogP contribution in [0.25, 0.3) is 10.4 Å². The highest BCUT2D eigenvalue weighted by molar-refractivity contribution is 7.15. The molecule has 0 saturated heterocycles. The van der Waals surface area contributed by atoms with Crippen LogP contribution in [-0.2, 0) is 19.7 Å². The molecule has 4 rings (SSSR count). The first-order valence-corrected chi connectivity index (χ1v) is 11.2. The lowest BCUT2D eigenvalue weighted by atomic mass is 10.2. The fourth-order valence-corrected chi connectivity index (χ4v) is 4.18. The van der Waals surface area contributed by atoms with Crippen LogP contribution in [0, 0.1) is 0 Å². The van der Waals surface area contributed by atoms with E-state index < -0.39 is 0 Å². The molecule has 6 heteroatoms. The van der Waals surface area contributed by atoms with Gasteiger partial charge in [0.1, 0.15) is 17.4 Å². The number of ether oxygens (including phenoxy) is 3. The fourth-order valence-electron chi connectivity index (χ4n) is 3.29. The molecule has 0 aliphatic heterocycles. The molecule has 0 fully saturated rings. The molecule has 5 nitrogen and oxygen atoms in total. The molecule has 1 N–H and O–H groups in total. The molecule has 0 amide bonds. The number of thiazole rings is 1. The second-order valence-corrected chi connectivity index (χ2v) is 8.32. The average Bonchev–Trinajstić information content (AvgIpc) is 3.32. The molecule has 0 spiro atoms. The fraction of sp³-hybridized carbons (Fsp3) is 0.192. The largest absolute Gasteiger partial charge is 0.493 e. The molecule has 0 aliphatic carbocycles. The second-order valence-electron chi connectivity index (χ2n) is 7.21. The Hall–Kier alpha value is -3.35. The zero-order valence-electron chi connectivity index (χ0n) is 18.2. The van der Waals surface area contributed by atoms with Gasteiger partial charge in [-0.1, -0.05) is 36.4 Å². The maximum absolute atomic E-state index is 5.88. The minimum absolute atomic E-state index is 0.566. The molecular formula is C26H26N2O3S. The van der Waals surface area contributed by atoms with Crippen molar-refractivity contribution in [1.82, 2.24) is 10.3 Å². The van der Waals surface area contributed by atoms with Crippen LogP contribution in [0.4, 0.5) is 0 Å². The third-order valence-electron chi connectivity index (χ3n) is 4.99. The lowest BCUT2D eigenvalue weighted by Crippen LogP contribution is -2.12. The zero-order chi connectivity index (χ0) is 22.2. The van der Waals surface area contributed by atoms with E-state index >= 15 is 0 Å². The van der Waals surface area contributed by atoms with Gasteiger partial charge in [-0.25, -0.2) is 4.98 Å². The molecule has 32 heavy (non-hydrogen) atoms. The standard InChI is InChI=1S/C26H26N2O3S/c1-29-23-13-8-20(14-24(23)30-2)15-27-17-26-28-16-25(32-26)21-9-11-22(12-10-21)31-18-19-6-4-3-5-7-19/h3-14,16,27H,15,17-18H2,1-2H3. The first kappa shape index (κ1) is 21.9. The summed E-state index contributed by atoms with van der Waals surface area (Å²) in [6, 6.07) is 24.3. The van der Waals surface area contributed by atoms with Crippen LogP contribution < -0.4 is 19.5 Å². The van der Waals surface area contributed by atoms with Gasteiger partial charge >= 0.3 is 0 Å². The van der Waals surface area contributed by atoms with Gasteiger partial charge in [0.15, 0.2) is 11.5 Å². The van der Waals surface area contributed by atoms with Gasteiger partial charge in [0.05, 0.1) is 19.1 Å². The summed E-state index contributed by atoms with van der Waals surface area (Å²) in [4.78, 5) is 5.70. The van der Waals surface area contributed by atoms with E-state index in [9.17, 15) is 0 Å².